The number of hydrogen-bond donors (Lipinski definition) is 1. The predicted octanol–water partition coefficient (Wildman–Crippen LogP) is 3.63. The average molecular weight is 392 g/mol. The molecule has 0 spiro atoms. The Morgan fingerprint density at radius 3 is 2.34 bits per heavy atom. The Labute approximate surface area is 167 Å². The first-order chi connectivity index (χ1) is 13.8. The number of ether oxygens (including phenoxy) is 1. The lowest BCUT2D eigenvalue weighted by molar-refractivity contribution is -0.119. The smallest absolute Gasteiger partial charge is 0.339 e. The quantitative estimate of drug-likeness (QED) is 0.508. The highest BCUT2D eigenvalue weighted by Crippen LogP contribution is 2.18. The summed E-state index contributed by atoms with van der Waals surface area (Å²) in [5.41, 5.74) is 2.85. The minimum absolute atomic E-state index is 0.0980. The molecule has 0 bridgehead atoms. The van der Waals surface area contributed by atoms with Gasteiger partial charge in [0.25, 0.3) is 5.91 Å². The summed E-state index contributed by atoms with van der Waals surface area (Å²) < 4.78 is 9.93. The van der Waals surface area contributed by atoms with Crippen molar-refractivity contribution in [2.24, 2.45) is 0 Å². The van der Waals surface area contributed by atoms with Crippen LogP contribution in [-0.2, 0) is 9.53 Å². The summed E-state index contributed by atoms with van der Waals surface area (Å²) in [6, 6.07) is 13.3. The van der Waals surface area contributed by atoms with E-state index < -0.39 is 18.5 Å². The van der Waals surface area contributed by atoms with E-state index in [-0.39, 0.29) is 22.7 Å². The Morgan fingerprint density at radius 2 is 1.69 bits per heavy atom. The van der Waals surface area contributed by atoms with Crippen molar-refractivity contribution in [2.75, 3.05) is 11.9 Å². The van der Waals surface area contributed by atoms with Crippen LogP contribution in [-0.4, -0.2) is 29.4 Å². The normalized spacial score (nSPS) is 10.4. The lowest BCUT2D eigenvalue weighted by Crippen LogP contribution is -2.22. The van der Waals surface area contributed by atoms with Crippen molar-refractivity contribution in [3.05, 3.63) is 82.1 Å². The number of aryl methyl sites for hydroxylation is 3. The first-order valence-electron chi connectivity index (χ1n) is 8.96. The second-order valence-corrected chi connectivity index (χ2v) is 6.62. The van der Waals surface area contributed by atoms with Crippen LogP contribution >= 0.6 is 0 Å². The van der Waals surface area contributed by atoms with Crippen LogP contribution in [0.1, 0.15) is 43.2 Å². The lowest BCUT2D eigenvalue weighted by Gasteiger charge is -2.10. The second-order valence-electron chi connectivity index (χ2n) is 6.62. The third-order valence-electron chi connectivity index (χ3n) is 4.39. The summed E-state index contributed by atoms with van der Waals surface area (Å²) in [6.07, 6.45) is 0. The van der Waals surface area contributed by atoms with Gasteiger partial charge in [-0.1, -0.05) is 35.5 Å². The SMILES string of the molecule is Cc1cc(NC(=O)COC(=O)c2ccccc2C(=O)c2ccc(C)c(C)c2)no1. The number of nitrogens with one attached hydrogen (secondary N) is 1. The van der Waals surface area contributed by atoms with E-state index in [2.05, 4.69) is 10.5 Å². The summed E-state index contributed by atoms with van der Waals surface area (Å²) in [7, 11) is 0. The van der Waals surface area contributed by atoms with Gasteiger partial charge in [0.05, 0.1) is 5.56 Å². The van der Waals surface area contributed by atoms with Crippen molar-refractivity contribution in [2.45, 2.75) is 20.8 Å². The molecule has 0 aliphatic rings. The number of anilines is 1. The number of aromatic nitrogens is 1. The first-order valence-corrected chi connectivity index (χ1v) is 8.96. The molecule has 7 nitrogen and oxygen atoms in total. The zero-order valence-electron chi connectivity index (χ0n) is 16.3. The second kappa shape index (κ2) is 8.52. The van der Waals surface area contributed by atoms with Crippen molar-refractivity contribution in [1.82, 2.24) is 5.16 Å². The Morgan fingerprint density at radius 1 is 0.966 bits per heavy atom. The zero-order valence-corrected chi connectivity index (χ0v) is 16.3. The average Bonchev–Trinajstić information content (AvgIpc) is 3.12. The van der Waals surface area contributed by atoms with Crippen molar-refractivity contribution in [3.8, 4) is 0 Å². The lowest BCUT2D eigenvalue weighted by atomic mass is 9.96. The van der Waals surface area contributed by atoms with E-state index in [9.17, 15) is 14.4 Å². The maximum Gasteiger partial charge on any atom is 0.339 e. The Balaban J connectivity index is 1.72. The highest BCUT2D eigenvalue weighted by Gasteiger charge is 2.20. The van der Waals surface area contributed by atoms with E-state index in [1.807, 2.05) is 19.9 Å². The molecule has 0 radical (unpaired) electrons. The van der Waals surface area contributed by atoms with Crippen LogP contribution in [0.3, 0.4) is 0 Å². The highest BCUT2D eigenvalue weighted by molar-refractivity contribution is 6.14. The Kier molecular flexibility index (Phi) is 5.87. The van der Waals surface area contributed by atoms with Gasteiger partial charge in [-0.3, -0.25) is 9.59 Å². The number of rotatable bonds is 6. The fraction of sp³-hybridized carbons (Fsp3) is 0.182. The highest BCUT2D eigenvalue weighted by atomic mass is 16.5. The molecule has 1 aromatic heterocycles. The van der Waals surface area contributed by atoms with Gasteiger partial charge in [0.2, 0.25) is 0 Å². The topological polar surface area (TPSA) is 98.5 Å². The number of nitrogens with zero attached hydrogens (tertiary/aromatic N) is 1. The minimum Gasteiger partial charge on any atom is -0.452 e. The number of benzene rings is 2. The molecule has 0 unspecified atom stereocenters. The molecule has 0 fully saturated rings. The number of carbonyl (C=O) groups is 3. The molecule has 3 rings (SSSR count). The summed E-state index contributed by atoms with van der Waals surface area (Å²) in [5, 5.41) is 6.09. The molecule has 0 saturated heterocycles. The summed E-state index contributed by atoms with van der Waals surface area (Å²) in [5.74, 6) is -0.845. The standard InChI is InChI=1S/C22H20N2O5/c1-13-8-9-16(10-14(13)2)21(26)17-6-4-5-7-18(17)22(27)28-12-20(25)23-19-11-15(3)29-24-19/h4-11H,12H2,1-3H3,(H,23,24,25). The Hall–Kier alpha value is -3.74. The number of esters is 1. The third-order valence-corrected chi connectivity index (χ3v) is 4.39. The van der Waals surface area contributed by atoms with Crippen molar-refractivity contribution >= 4 is 23.5 Å². The van der Waals surface area contributed by atoms with Gasteiger partial charge >= 0.3 is 5.97 Å². The summed E-state index contributed by atoms with van der Waals surface area (Å²) >= 11 is 0. The molecular weight excluding hydrogens is 372 g/mol. The first kappa shape index (κ1) is 20.0. The molecule has 0 aliphatic carbocycles. The van der Waals surface area contributed by atoms with Crippen molar-refractivity contribution in [1.29, 1.82) is 0 Å². The zero-order chi connectivity index (χ0) is 21.0. The molecule has 29 heavy (non-hydrogen) atoms. The molecule has 7 heteroatoms. The van der Waals surface area contributed by atoms with Crippen LogP contribution in [0.25, 0.3) is 0 Å². The van der Waals surface area contributed by atoms with Gasteiger partial charge in [-0.15, -0.1) is 0 Å². The van der Waals surface area contributed by atoms with Gasteiger partial charge in [-0.2, -0.15) is 0 Å². The van der Waals surface area contributed by atoms with Gasteiger partial charge in [-0.05, 0) is 44.0 Å². The maximum atomic E-state index is 12.9. The van der Waals surface area contributed by atoms with Gasteiger partial charge in [0.15, 0.2) is 18.2 Å². The molecular formula is C22H20N2O5. The number of carbonyl (C=O) groups excluding carboxylic acids is 3. The van der Waals surface area contributed by atoms with Crippen LogP contribution in [0.2, 0.25) is 0 Å². The summed E-state index contributed by atoms with van der Waals surface area (Å²) in [6.45, 7) is 5.05. The largest absolute Gasteiger partial charge is 0.452 e. The molecule has 0 atom stereocenters. The van der Waals surface area contributed by atoms with Crippen LogP contribution in [0, 0.1) is 20.8 Å². The van der Waals surface area contributed by atoms with Crippen LogP contribution in [0.15, 0.2) is 53.1 Å². The molecule has 3 aromatic rings. The monoisotopic (exact) mass is 392 g/mol. The maximum absolute atomic E-state index is 12.9. The van der Waals surface area contributed by atoms with Gasteiger partial charge in [-0.25, -0.2) is 4.79 Å². The van der Waals surface area contributed by atoms with Crippen LogP contribution in [0.5, 0.6) is 0 Å². The van der Waals surface area contributed by atoms with Crippen molar-refractivity contribution < 1.29 is 23.6 Å². The molecule has 1 heterocycles. The fourth-order valence-corrected chi connectivity index (χ4v) is 2.71. The van der Waals surface area contributed by atoms with E-state index in [4.69, 9.17) is 9.26 Å². The van der Waals surface area contributed by atoms with Crippen molar-refractivity contribution in [3.63, 3.8) is 0 Å². The van der Waals surface area contributed by atoms with E-state index in [1.165, 1.54) is 12.1 Å². The molecule has 1 amide bonds. The number of hydrogen-bond acceptors (Lipinski definition) is 6. The van der Waals surface area contributed by atoms with E-state index >= 15 is 0 Å². The van der Waals surface area contributed by atoms with E-state index in [0.717, 1.165) is 11.1 Å². The van der Waals surface area contributed by atoms with Gasteiger partial charge < -0.3 is 14.6 Å². The molecule has 148 valence electrons. The summed E-state index contributed by atoms with van der Waals surface area (Å²) in [4.78, 5) is 37.3. The minimum atomic E-state index is -0.760. The number of amides is 1. The molecule has 0 aliphatic heterocycles. The predicted molar refractivity (Wildman–Crippen MR) is 106 cm³/mol. The fourth-order valence-electron chi connectivity index (χ4n) is 2.71. The molecule has 1 N–H and O–H groups in total. The van der Waals surface area contributed by atoms with E-state index in [0.29, 0.717) is 11.3 Å². The van der Waals surface area contributed by atoms with Gasteiger partial charge in [0, 0.05) is 17.2 Å². The molecule has 2 aromatic carbocycles. The number of ketones is 1. The molecule has 0 saturated carbocycles. The third kappa shape index (κ3) is 4.76. The van der Waals surface area contributed by atoms with Gasteiger partial charge in [0.1, 0.15) is 5.76 Å². The van der Waals surface area contributed by atoms with E-state index in [1.54, 1.807) is 37.3 Å². The van der Waals surface area contributed by atoms with Crippen LogP contribution < -0.4 is 5.32 Å². The van der Waals surface area contributed by atoms with Crippen LogP contribution in [0.4, 0.5) is 5.82 Å². The Bertz CT molecular complexity index is 1080.